The average Bonchev–Trinajstić information content (AvgIpc) is 3.25. The largest absolute Gasteiger partial charge is 0.462 e. The van der Waals surface area contributed by atoms with Gasteiger partial charge in [0, 0.05) is 6.42 Å². The Hall–Kier alpha value is -2.70. The molecule has 1 amide bonds. The summed E-state index contributed by atoms with van der Waals surface area (Å²) in [5.74, 6) is -0.522. The fourth-order valence-electron chi connectivity index (χ4n) is 7.45. The van der Waals surface area contributed by atoms with E-state index >= 15 is 0 Å². The molecule has 0 aromatic carbocycles. The Morgan fingerprint density at radius 1 is 0.475 bits per heavy atom. The molecule has 6 heteroatoms. The van der Waals surface area contributed by atoms with Gasteiger partial charge in [-0.1, -0.05) is 229 Å². The predicted octanol–water partition coefficient (Wildman–Crippen LogP) is 15.4. The van der Waals surface area contributed by atoms with Crippen LogP contribution in [-0.4, -0.2) is 46.9 Å². The Balaban J connectivity index is 4.70. The van der Waals surface area contributed by atoms with Gasteiger partial charge in [0.05, 0.1) is 25.2 Å². The molecule has 352 valence electrons. The van der Waals surface area contributed by atoms with Gasteiger partial charge in [-0.3, -0.25) is 9.59 Å². The summed E-state index contributed by atoms with van der Waals surface area (Å²) in [4.78, 5) is 26.1. The van der Waals surface area contributed by atoms with Crippen LogP contribution in [0.5, 0.6) is 0 Å². The molecule has 6 nitrogen and oxygen atoms in total. The average molecular weight is 852 g/mol. The lowest BCUT2D eigenvalue weighted by atomic mass is 10.0. The van der Waals surface area contributed by atoms with Crippen molar-refractivity contribution < 1.29 is 24.5 Å². The molecule has 0 aliphatic carbocycles. The van der Waals surface area contributed by atoms with Crippen LogP contribution < -0.4 is 5.32 Å². The van der Waals surface area contributed by atoms with Crippen LogP contribution in [0.15, 0.2) is 72.9 Å². The molecule has 0 saturated heterocycles. The first-order valence-electron chi connectivity index (χ1n) is 25.7. The number of carbonyl (C=O) groups is 2. The normalized spacial score (nSPS) is 13.9. The summed E-state index contributed by atoms with van der Waals surface area (Å²) in [6, 6.07) is -0.718. The van der Waals surface area contributed by atoms with E-state index in [0.29, 0.717) is 19.3 Å². The van der Waals surface area contributed by atoms with E-state index in [-0.39, 0.29) is 24.9 Å². The zero-order chi connectivity index (χ0) is 44.5. The molecule has 3 atom stereocenters. The molecule has 0 radical (unpaired) electrons. The van der Waals surface area contributed by atoms with Crippen molar-refractivity contribution >= 4 is 11.9 Å². The lowest BCUT2D eigenvalue weighted by molar-refractivity contribution is -0.151. The van der Waals surface area contributed by atoms with Crippen molar-refractivity contribution in [3.8, 4) is 0 Å². The third kappa shape index (κ3) is 43.7. The maximum atomic E-state index is 13.2. The number of aliphatic hydroxyl groups excluding tert-OH is 2. The predicted molar refractivity (Wildman–Crippen MR) is 264 cm³/mol. The fraction of sp³-hybridized carbons (Fsp3) is 0.745. The number of aliphatic hydroxyl groups is 2. The third-order valence-electron chi connectivity index (χ3n) is 11.4. The Bertz CT molecular complexity index is 1140. The summed E-state index contributed by atoms with van der Waals surface area (Å²) in [7, 11) is 0. The second-order valence-electron chi connectivity index (χ2n) is 17.3. The number of hydrogen-bond donors (Lipinski definition) is 3. The minimum absolute atomic E-state index is 0.0455. The van der Waals surface area contributed by atoms with Gasteiger partial charge in [0.25, 0.3) is 0 Å². The van der Waals surface area contributed by atoms with E-state index in [1.165, 1.54) is 122 Å². The lowest BCUT2D eigenvalue weighted by Crippen LogP contribution is -2.46. The smallest absolute Gasteiger partial charge is 0.306 e. The highest BCUT2D eigenvalue weighted by Gasteiger charge is 2.24. The molecule has 0 fully saturated rings. The lowest BCUT2D eigenvalue weighted by Gasteiger charge is -2.24. The molecule has 3 N–H and O–H groups in total. The van der Waals surface area contributed by atoms with Crippen LogP contribution in [0, 0.1) is 0 Å². The molecule has 0 aliphatic rings. The van der Waals surface area contributed by atoms with Crippen molar-refractivity contribution in [2.75, 3.05) is 6.61 Å². The summed E-state index contributed by atoms with van der Waals surface area (Å²) in [6.45, 7) is 6.36. The Morgan fingerprint density at radius 2 is 0.885 bits per heavy atom. The van der Waals surface area contributed by atoms with Crippen LogP contribution in [0.4, 0.5) is 0 Å². The zero-order valence-electron chi connectivity index (χ0n) is 40.0. The van der Waals surface area contributed by atoms with Gasteiger partial charge in [0.1, 0.15) is 6.10 Å². The highest BCUT2D eigenvalue weighted by atomic mass is 16.5. The second-order valence-corrected chi connectivity index (χ2v) is 17.3. The number of ether oxygens (including phenoxy) is 1. The minimum atomic E-state index is -0.802. The van der Waals surface area contributed by atoms with Gasteiger partial charge >= 0.3 is 5.97 Å². The SMILES string of the molecule is CCC/C=C/C=C/C=C/C=C/C=C/CCCCCC(CC(=O)NC(CO)C(O)CCCCCCCCCCCCC)OC(=O)CCCCCCCCC/C=C\CCCCCC. The summed E-state index contributed by atoms with van der Waals surface area (Å²) >= 11 is 0. The van der Waals surface area contributed by atoms with Crippen LogP contribution >= 0.6 is 0 Å². The zero-order valence-corrected chi connectivity index (χ0v) is 40.0. The molecular formula is C55H97NO5. The number of carbonyl (C=O) groups excluding carboxylic acids is 2. The molecule has 61 heavy (non-hydrogen) atoms. The summed E-state index contributed by atoms with van der Waals surface area (Å²) in [5.41, 5.74) is 0. The van der Waals surface area contributed by atoms with E-state index < -0.39 is 18.2 Å². The first-order chi connectivity index (χ1) is 30.0. The topological polar surface area (TPSA) is 95.9 Å². The van der Waals surface area contributed by atoms with Gasteiger partial charge in [-0.2, -0.15) is 0 Å². The van der Waals surface area contributed by atoms with Crippen LogP contribution in [0.3, 0.4) is 0 Å². The van der Waals surface area contributed by atoms with Gasteiger partial charge in [0.2, 0.25) is 5.91 Å². The van der Waals surface area contributed by atoms with E-state index in [2.05, 4.69) is 62.5 Å². The summed E-state index contributed by atoms with van der Waals surface area (Å²) < 4.78 is 5.92. The maximum Gasteiger partial charge on any atom is 0.306 e. The molecule has 0 bridgehead atoms. The van der Waals surface area contributed by atoms with Gasteiger partial charge in [-0.25, -0.2) is 0 Å². The van der Waals surface area contributed by atoms with E-state index in [1.54, 1.807) is 0 Å². The summed E-state index contributed by atoms with van der Waals surface area (Å²) in [5, 5.41) is 23.7. The number of nitrogens with one attached hydrogen (secondary N) is 1. The van der Waals surface area contributed by atoms with Crippen molar-refractivity contribution in [3.63, 3.8) is 0 Å². The fourth-order valence-corrected chi connectivity index (χ4v) is 7.45. The molecule has 0 aromatic heterocycles. The van der Waals surface area contributed by atoms with Crippen molar-refractivity contribution in [2.24, 2.45) is 0 Å². The van der Waals surface area contributed by atoms with Crippen molar-refractivity contribution in [1.29, 1.82) is 0 Å². The van der Waals surface area contributed by atoms with Crippen LogP contribution in [0.25, 0.3) is 0 Å². The monoisotopic (exact) mass is 852 g/mol. The number of hydrogen-bond acceptors (Lipinski definition) is 5. The molecule has 0 rings (SSSR count). The Labute approximate surface area is 377 Å². The first kappa shape index (κ1) is 58.3. The molecule has 0 saturated carbocycles. The Morgan fingerprint density at radius 3 is 1.41 bits per heavy atom. The van der Waals surface area contributed by atoms with E-state index in [1.807, 2.05) is 36.5 Å². The molecule has 0 spiro atoms. The minimum Gasteiger partial charge on any atom is -0.462 e. The molecular weight excluding hydrogens is 755 g/mol. The van der Waals surface area contributed by atoms with Gasteiger partial charge in [0.15, 0.2) is 0 Å². The molecule has 0 heterocycles. The quantitative estimate of drug-likeness (QED) is 0.0245. The van der Waals surface area contributed by atoms with Crippen LogP contribution in [0.1, 0.15) is 239 Å². The number of amides is 1. The maximum absolute atomic E-state index is 13.2. The highest BCUT2D eigenvalue weighted by Crippen LogP contribution is 2.17. The van der Waals surface area contributed by atoms with Crippen LogP contribution in [-0.2, 0) is 14.3 Å². The Kier molecular flexibility index (Phi) is 46.2. The third-order valence-corrected chi connectivity index (χ3v) is 11.4. The molecule has 0 aromatic rings. The van der Waals surface area contributed by atoms with Gasteiger partial charge < -0.3 is 20.3 Å². The van der Waals surface area contributed by atoms with Crippen molar-refractivity contribution in [3.05, 3.63) is 72.9 Å². The molecule has 3 unspecified atom stereocenters. The van der Waals surface area contributed by atoms with E-state index in [0.717, 1.165) is 70.6 Å². The van der Waals surface area contributed by atoms with E-state index in [9.17, 15) is 19.8 Å². The number of allylic oxidation sites excluding steroid dienone is 12. The number of rotatable bonds is 45. The van der Waals surface area contributed by atoms with E-state index in [4.69, 9.17) is 4.74 Å². The highest BCUT2D eigenvalue weighted by molar-refractivity contribution is 5.77. The summed E-state index contributed by atoms with van der Waals surface area (Å²) in [6.07, 6.45) is 60.9. The number of esters is 1. The van der Waals surface area contributed by atoms with Gasteiger partial charge in [-0.05, 0) is 70.6 Å². The first-order valence-corrected chi connectivity index (χ1v) is 25.7. The number of unbranched alkanes of at least 4 members (excludes halogenated alkanes) is 25. The van der Waals surface area contributed by atoms with Crippen LogP contribution in [0.2, 0.25) is 0 Å². The standard InChI is InChI=1S/C55H97NO5/c1-4-7-10-13-16-19-22-24-26-28-29-32-34-37-40-43-46-51(61-55(60)48-45-42-39-36-33-30-27-25-23-20-17-14-11-8-5-2)49-54(59)56-52(50-57)53(58)47-44-41-38-35-31-21-18-15-12-9-6-3/h10,13,16,19-20,22-24,26,28-29,32,51-53,57-58H,4-9,11-12,14-15,17-18,21,25,27,30-31,33-50H2,1-3H3,(H,56,59)/b13-10+,19-16+,23-20-,24-22+,28-26+,32-29+. The van der Waals surface area contributed by atoms with Crippen molar-refractivity contribution in [1.82, 2.24) is 5.32 Å². The van der Waals surface area contributed by atoms with Gasteiger partial charge in [-0.15, -0.1) is 0 Å². The van der Waals surface area contributed by atoms with Crippen molar-refractivity contribution in [2.45, 2.75) is 257 Å². The molecule has 0 aliphatic heterocycles. The second kappa shape index (κ2) is 48.3.